The third kappa shape index (κ3) is 5.95. The standard InChI is InChI=1S/C14H21F2N3O2/c1-14(2,9-20)7-4-8-17-13(21)19-18-11-6-3-5-10(15)12(11)16/h3,5-6,18,20H,4,7-9H2,1-2H3,(H2,17,19,21). The highest BCUT2D eigenvalue weighted by Gasteiger charge is 2.15. The first-order chi connectivity index (χ1) is 9.85. The summed E-state index contributed by atoms with van der Waals surface area (Å²) in [5.41, 5.74) is 4.20. The van der Waals surface area contributed by atoms with E-state index in [1.807, 2.05) is 13.8 Å². The Hall–Kier alpha value is -1.89. The summed E-state index contributed by atoms with van der Waals surface area (Å²) in [5, 5.41) is 11.7. The third-order valence-corrected chi connectivity index (χ3v) is 3.01. The van der Waals surface area contributed by atoms with Crippen LogP contribution in [0.4, 0.5) is 19.3 Å². The molecule has 0 aliphatic rings. The Bertz CT molecular complexity index is 481. The number of anilines is 1. The normalized spacial score (nSPS) is 11.1. The van der Waals surface area contributed by atoms with Crippen LogP contribution in [0.25, 0.3) is 0 Å². The quantitative estimate of drug-likeness (QED) is 0.461. The molecule has 0 radical (unpaired) electrons. The van der Waals surface area contributed by atoms with Crippen LogP contribution < -0.4 is 16.2 Å². The van der Waals surface area contributed by atoms with Crippen molar-refractivity contribution in [3.8, 4) is 0 Å². The Kier molecular flexibility index (Phi) is 6.36. The molecular formula is C14H21F2N3O2. The molecule has 0 spiro atoms. The molecule has 2 amide bonds. The maximum Gasteiger partial charge on any atom is 0.333 e. The van der Waals surface area contributed by atoms with E-state index in [0.717, 1.165) is 12.5 Å². The molecule has 21 heavy (non-hydrogen) atoms. The van der Waals surface area contributed by atoms with Gasteiger partial charge in [-0.1, -0.05) is 19.9 Å². The lowest BCUT2D eigenvalue weighted by atomic mass is 9.89. The molecule has 4 N–H and O–H groups in total. The second-order valence-corrected chi connectivity index (χ2v) is 5.53. The van der Waals surface area contributed by atoms with E-state index in [2.05, 4.69) is 16.2 Å². The highest BCUT2D eigenvalue weighted by molar-refractivity contribution is 5.75. The van der Waals surface area contributed by atoms with E-state index in [1.54, 1.807) is 0 Å². The zero-order valence-electron chi connectivity index (χ0n) is 12.2. The van der Waals surface area contributed by atoms with Gasteiger partial charge in [0.15, 0.2) is 11.6 Å². The van der Waals surface area contributed by atoms with Crippen LogP contribution in [0.3, 0.4) is 0 Å². The first-order valence-electron chi connectivity index (χ1n) is 6.70. The monoisotopic (exact) mass is 301 g/mol. The molecule has 0 saturated carbocycles. The zero-order chi connectivity index (χ0) is 15.9. The minimum Gasteiger partial charge on any atom is -0.396 e. The van der Waals surface area contributed by atoms with E-state index in [-0.39, 0.29) is 17.7 Å². The number of benzene rings is 1. The summed E-state index contributed by atoms with van der Waals surface area (Å²) < 4.78 is 26.2. The summed E-state index contributed by atoms with van der Waals surface area (Å²) in [6.45, 7) is 4.37. The van der Waals surface area contributed by atoms with Gasteiger partial charge in [-0.3, -0.25) is 10.9 Å². The van der Waals surface area contributed by atoms with Gasteiger partial charge in [-0.2, -0.15) is 0 Å². The molecule has 1 aromatic rings. The summed E-state index contributed by atoms with van der Waals surface area (Å²) in [5.74, 6) is -2.05. The van der Waals surface area contributed by atoms with E-state index in [9.17, 15) is 13.6 Å². The number of carbonyl (C=O) groups excluding carboxylic acids is 1. The van der Waals surface area contributed by atoms with E-state index >= 15 is 0 Å². The van der Waals surface area contributed by atoms with E-state index in [4.69, 9.17) is 5.11 Å². The van der Waals surface area contributed by atoms with Gasteiger partial charge in [0.1, 0.15) is 0 Å². The molecule has 0 aromatic heterocycles. The SMILES string of the molecule is CC(C)(CO)CCCNC(=O)NNc1cccc(F)c1F. The average molecular weight is 301 g/mol. The lowest BCUT2D eigenvalue weighted by Crippen LogP contribution is -2.39. The Morgan fingerprint density at radius 1 is 1.33 bits per heavy atom. The Balaban J connectivity index is 2.27. The van der Waals surface area contributed by atoms with E-state index in [0.29, 0.717) is 13.0 Å². The van der Waals surface area contributed by atoms with E-state index in [1.165, 1.54) is 12.1 Å². The highest BCUT2D eigenvalue weighted by atomic mass is 19.2. The summed E-state index contributed by atoms with van der Waals surface area (Å²) in [6, 6.07) is 3.09. The Morgan fingerprint density at radius 2 is 2.05 bits per heavy atom. The Morgan fingerprint density at radius 3 is 2.71 bits per heavy atom. The van der Waals surface area contributed by atoms with Crippen molar-refractivity contribution in [1.29, 1.82) is 0 Å². The topological polar surface area (TPSA) is 73.4 Å². The largest absolute Gasteiger partial charge is 0.396 e. The zero-order valence-corrected chi connectivity index (χ0v) is 12.2. The molecule has 0 unspecified atom stereocenters. The molecule has 0 aliphatic heterocycles. The summed E-state index contributed by atoms with van der Waals surface area (Å²) in [6.07, 6.45) is 1.46. The maximum absolute atomic E-state index is 13.3. The van der Waals surface area contributed by atoms with E-state index < -0.39 is 17.7 Å². The number of hydrazine groups is 1. The fraction of sp³-hybridized carbons (Fsp3) is 0.500. The van der Waals surface area contributed by atoms with Crippen molar-refractivity contribution >= 4 is 11.7 Å². The maximum atomic E-state index is 13.3. The number of rotatable bonds is 7. The number of aliphatic hydroxyl groups is 1. The van der Waals surface area contributed by atoms with Crippen LogP contribution in [0.2, 0.25) is 0 Å². The molecule has 118 valence electrons. The van der Waals surface area contributed by atoms with Crippen LogP contribution in [-0.2, 0) is 0 Å². The van der Waals surface area contributed by atoms with Crippen molar-refractivity contribution < 1.29 is 18.7 Å². The van der Waals surface area contributed by atoms with Crippen LogP contribution >= 0.6 is 0 Å². The molecule has 1 rings (SSSR count). The van der Waals surface area contributed by atoms with Crippen molar-refractivity contribution in [3.63, 3.8) is 0 Å². The lowest BCUT2D eigenvalue weighted by Gasteiger charge is -2.21. The van der Waals surface area contributed by atoms with Gasteiger partial charge < -0.3 is 10.4 Å². The molecule has 1 aromatic carbocycles. The van der Waals surface area contributed by atoms with Gasteiger partial charge in [0.25, 0.3) is 0 Å². The van der Waals surface area contributed by atoms with Crippen LogP contribution in [0.1, 0.15) is 26.7 Å². The minimum atomic E-state index is -1.05. The molecule has 7 heteroatoms. The molecule has 0 aliphatic carbocycles. The number of hydrogen-bond donors (Lipinski definition) is 4. The number of amides is 2. The van der Waals surface area contributed by atoms with Gasteiger partial charge in [-0.05, 0) is 30.4 Å². The number of hydrogen-bond acceptors (Lipinski definition) is 3. The molecule has 0 heterocycles. The summed E-state index contributed by atoms with van der Waals surface area (Å²) >= 11 is 0. The third-order valence-electron chi connectivity index (χ3n) is 3.01. The van der Waals surface area contributed by atoms with Crippen LogP contribution in [0.15, 0.2) is 18.2 Å². The second kappa shape index (κ2) is 7.78. The highest BCUT2D eigenvalue weighted by Crippen LogP contribution is 2.20. The van der Waals surface area contributed by atoms with Gasteiger partial charge >= 0.3 is 6.03 Å². The fourth-order valence-corrected chi connectivity index (χ4v) is 1.62. The van der Waals surface area contributed by atoms with Crippen molar-refractivity contribution in [3.05, 3.63) is 29.8 Å². The first kappa shape index (κ1) is 17.2. The number of urea groups is 1. The summed E-state index contributed by atoms with van der Waals surface area (Å²) in [4.78, 5) is 11.5. The van der Waals surface area contributed by atoms with Gasteiger partial charge in [0.05, 0.1) is 5.69 Å². The molecule has 0 bridgehead atoms. The average Bonchev–Trinajstić information content (AvgIpc) is 2.45. The Labute approximate surface area is 122 Å². The number of carbonyl (C=O) groups is 1. The molecule has 0 atom stereocenters. The molecule has 5 nitrogen and oxygen atoms in total. The van der Waals surface area contributed by atoms with Crippen molar-refractivity contribution in [2.45, 2.75) is 26.7 Å². The van der Waals surface area contributed by atoms with Crippen molar-refractivity contribution in [2.75, 3.05) is 18.6 Å². The minimum absolute atomic E-state index is 0.0829. The number of nitrogens with one attached hydrogen (secondary N) is 3. The van der Waals surface area contributed by atoms with Gasteiger partial charge in [-0.15, -0.1) is 0 Å². The van der Waals surface area contributed by atoms with Gasteiger partial charge in [-0.25, -0.2) is 13.6 Å². The van der Waals surface area contributed by atoms with Gasteiger partial charge in [0, 0.05) is 13.2 Å². The predicted octanol–water partition coefficient (Wildman–Crippen LogP) is 2.39. The van der Waals surface area contributed by atoms with Crippen molar-refractivity contribution in [2.24, 2.45) is 5.41 Å². The predicted molar refractivity (Wildman–Crippen MR) is 76.6 cm³/mol. The van der Waals surface area contributed by atoms with Crippen LogP contribution in [0.5, 0.6) is 0 Å². The smallest absolute Gasteiger partial charge is 0.333 e. The fourth-order valence-electron chi connectivity index (χ4n) is 1.62. The lowest BCUT2D eigenvalue weighted by molar-refractivity contribution is 0.148. The molecule has 0 fully saturated rings. The summed E-state index contributed by atoms with van der Waals surface area (Å²) in [7, 11) is 0. The molecular weight excluding hydrogens is 280 g/mol. The number of aliphatic hydroxyl groups excluding tert-OH is 1. The first-order valence-corrected chi connectivity index (χ1v) is 6.70. The second-order valence-electron chi connectivity index (χ2n) is 5.53. The van der Waals surface area contributed by atoms with Crippen molar-refractivity contribution in [1.82, 2.24) is 10.7 Å². The van der Waals surface area contributed by atoms with Crippen LogP contribution in [0, 0.1) is 17.0 Å². The molecule has 0 saturated heterocycles. The van der Waals surface area contributed by atoms with Crippen LogP contribution in [-0.4, -0.2) is 24.3 Å². The number of halogens is 2. The van der Waals surface area contributed by atoms with Gasteiger partial charge in [0.2, 0.25) is 0 Å².